The number of amidine groups is 1. The fraction of sp³-hybridized carbons (Fsp3) is 0.933. The predicted octanol–water partition coefficient (Wildman–Crippen LogP) is 3.20. The Bertz CT molecular complexity index is 283. The van der Waals surface area contributed by atoms with Crippen LogP contribution in [0.1, 0.15) is 60.8 Å². The topological polar surface area (TPSA) is 70.6 Å². The average molecular weight is 271 g/mol. The quantitative estimate of drug-likeness (QED) is 0.198. The summed E-state index contributed by atoms with van der Waals surface area (Å²) in [6.45, 7) is 15.2. The van der Waals surface area contributed by atoms with Gasteiger partial charge < -0.3 is 16.3 Å². The van der Waals surface area contributed by atoms with Gasteiger partial charge in [0.05, 0.1) is 0 Å². The summed E-state index contributed by atoms with van der Waals surface area (Å²) in [6, 6.07) is 0. The van der Waals surface area contributed by atoms with Gasteiger partial charge in [0.2, 0.25) is 0 Å². The molecule has 0 heterocycles. The van der Waals surface area contributed by atoms with Crippen LogP contribution in [0.15, 0.2) is 5.16 Å². The van der Waals surface area contributed by atoms with Crippen molar-refractivity contribution in [2.24, 2.45) is 27.6 Å². The lowest BCUT2D eigenvalue weighted by molar-refractivity contribution is 0.237. The largest absolute Gasteiger partial charge is 0.409 e. The van der Waals surface area contributed by atoms with Gasteiger partial charge in [0, 0.05) is 12.0 Å². The molecule has 0 aromatic rings. The SMILES string of the molecule is CC(C)C(C)(C)CNCCCCC(C)(C)C(N)=NO. The summed E-state index contributed by atoms with van der Waals surface area (Å²) in [4.78, 5) is 0. The highest BCUT2D eigenvalue weighted by atomic mass is 16.4. The third kappa shape index (κ3) is 6.81. The van der Waals surface area contributed by atoms with Gasteiger partial charge in [-0.25, -0.2) is 0 Å². The lowest BCUT2D eigenvalue weighted by Gasteiger charge is -2.29. The molecule has 4 heteroatoms. The molecule has 0 bridgehead atoms. The normalized spacial score (nSPS) is 14.2. The molecule has 0 fully saturated rings. The molecule has 4 N–H and O–H groups in total. The number of nitrogens with zero attached hydrogens (tertiary/aromatic N) is 1. The minimum absolute atomic E-state index is 0.216. The molecule has 19 heavy (non-hydrogen) atoms. The third-order valence-electron chi connectivity index (χ3n) is 4.35. The number of unbranched alkanes of at least 4 members (excludes halogenated alkanes) is 1. The molecule has 0 unspecified atom stereocenters. The molecular formula is C15H33N3O. The number of oxime groups is 1. The number of nitrogens with two attached hydrogens (primary N) is 1. The standard InChI is InChI=1S/C15H33N3O/c1-12(2)15(5,6)11-17-10-8-7-9-14(3,4)13(16)18-19/h12,17,19H,7-11H2,1-6H3,(H2,16,18). The molecule has 0 aromatic carbocycles. The van der Waals surface area contributed by atoms with Gasteiger partial charge in [0.15, 0.2) is 0 Å². The second-order valence-corrected chi connectivity index (χ2v) is 7.15. The van der Waals surface area contributed by atoms with E-state index >= 15 is 0 Å². The lowest BCUT2D eigenvalue weighted by atomic mass is 9.81. The Morgan fingerprint density at radius 2 is 1.79 bits per heavy atom. The van der Waals surface area contributed by atoms with E-state index in [1.165, 1.54) is 0 Å². The van der Waals surface area contributed by atoms with Crippen LogP contribution in [-0.4, -0.2) is 24.1 Å². The molecule has 0 saturated carbocycles. The van der Waals surface area contributed by atoms with Gasteiger partial charge in [-0.1, -0.05) is 53.1 Å². The van der Waals surface area contributed by atoms with Crippen molar-refractivity contribution in [3.8, 4) is 0 Å². The lowest BCUT2D eigenvalue weighted by Crippen LogP contribution is -2.34. The summed E-state index contributed by atoms with van der Waals surface area (Å²) in [6.07, 6.45) is 3.15. The molecule has 0 aliphatic heterocycles. The first-order chi connectivity index (χ1) is 8.63. The molecule has 0 radical (unpaired) electrons. The maximum atomic E-state index is 8.70. The maximum Gasteiger partial charge on any atom is 0.144 e. The summed E-state index contributed by atoms with van der Waals surface area (Å²) < 4.78 is 0. The molecule has 0 aliphatic carbocycles. The first-order valence-electron chi connectivity index (χ1n) is 7.32. The molecule has 4 nitrogen and oxygen atoms in total. The average Bonchev–Trinajstić information content (AvgIpc) is 2.32. The Balaban J connectivity index is 3.78. The van der Waals surface area contributed by atoms with Crippen LogP contribution < -0.4 is 11.1 Å². The highest BCUT2D eigenvalue weighted by Gasteiger charge is 2.23. The highest BCUT2D eigenvalue weighted by Crippen LogP contribution is 2.25. The monoisotopic (exact) mass is 271 g/mol. The van der Waals surface area contributed by atoms with Gasteiger partial charge in [-0.15, -0.1) is 0 Å². The van der Waals surface area contributed by atoms with E-state index in [-0.39, 0.29) is 5.41 Å². The van der Waals surface area contributed by atoms with Gasteiger partial charge >= 0.3 is 0 Å². The van der Waals surface area contributed by atoms with Crippen LogP contribution in [0.2, 0.25) is 0 Å². The second kappa shape index (κ2) is 7.73. The van der Waals surface area contributed by atoms with E-state index < -0.39 is 0 Å². The van der Waals surface area contributed by atoms with Crippen molar-refractivity contribution in [1.29, 1.82) is 0 Å². The van der Waals surface area contributed by atoms with Crippen LogP contribution in [0, 0.1) is 16.7 Å². The van der Waals surface area contributed by atoms with Crippen molar-refractivity contribution >= 4 is 5.84 Å². The Labute approximate surface area is 118 Å². The van der Waals surface area contributed by atoms with E-state index in [9.17, 15) is 0 Å². The fourth-order valence-electron chi connectivity index (χ4n) is 1.70. The van der Waals surface area contributed by atoms with E-state index in [0.717, 1.165) is 32.4 Å². The predicted molar refractivity (Wildman–Crippen MR) is 82.5 cm³/mol. The van der Waals surface area contributed by atoms with Crippen molar-refractivity contribution in [3.63, 3.8) is 0 Å². The van der Waals surface area contributed by atoms with Gasteiger partial charge in [0.25, 0.3) is 0 Å². The van der Waals surface area contributed by atoms with E-state index in [4.69, 9.17) is 10.9 Å². The van der Waals surface area contributed by atoms with Crippen molar-refractivity contribution in [1.82, 2.24) is 5.32 Å². The first-order valence-corrected chi connectivity index (χ1v) is 7.32. The van der Waals surface area contributed by atoms with Crippen LogP contribution in [0.25, 0.3) is 0 Å². The summed E-state index contributed by atoms with van der Waals surface area (Å²) in [5.41, 5.74) is 5.79. The molecule has 0 atom stereocenters. The molecule has 0 amide bonds. The first kappa shape index (κ1) is 18.2. The van der Waals surface area contributed by atoms with Gasteiger partial charge in [0.1, 0.15) is 5.84 Å². The summed E-state index contributed by atoms with van der Waals surface area (Å²) in [5, 5.41) is 15.3. The van der Waals surface area contributed by atoms with Crippen LogP contribution in [-0.2, 0) is 0 Å². The highest BCUT2D eigenvalue weighted by molar-refractivity contribution is 5.85. The third-order valence-corrected chi connectivity index (χ3v) is 4.35. The number of hydrogen-bond acceptors (Lipinski definition) is 3. The van der Waals surface area contributed by atoms with E-state index in [1.807, 2.05) is 13.8 Å². The zero-order chi connectivity index (χ0) is 15.1. The Kier molecular flexibility index (Phi) is 7.42. The Morgan fingerprint density at radius 1 is 1.21 bits per heavy atom. The number of rotatable bonds is 9. The number of hydrogen-bond donors (Lipinski definition) is 3. The minimum Gasteiger partial charge on any atom is -0.409 e. The maximum absolute atomic E-state index is 8.70. The van der Waals surface area contributed by atoms with Crippen molar-refractivity contribution in [3.05, 3.63) is 0 Å². The van der Waals surface area contributed by atoms with Crippen molar-refractivity contribution < 1.29 is 5.21 Å². The molecule has 0 aromatic heterocycles. The van der Waals surface area contributed by atoms with Crippen molar-refractivity contribution in [2.75, 3.05) is 13.1 Å². The molecular weight excluding hydrogens is 238 g/mol. The van der Waals surface area contributed by atoms with Crippen LogP contribution >= 0.6 is 0 Å². The Hall–Kier alpha value is -0.770. The zero-order valence-electron chi connectivity index (χ0n) is 13.6. The van der Waals surface area contributed by atoms with Gasteiger partial charge in [-0.05, 0) is 30.7 Å². The molecule has 0 spiro atoms. The smallest absolute Gasteiger partial charge is 0.144 e. The summed E-state index contributed by atoms with van der Waals surface area (Å²) in [7, 11) is 0. The Morgan fingerprint density at radius 3 is 2.26 bits per heavy atom. The molecule has 0 saturated heterocycles. The van der Waals surface area contributed by atoms with Crippen LogP contribution in [0.5, 0.6) is 0 Å². The number of nitrogens with one attached hydrogen (secondary N) is 1. The zero-order valence-corrected chi connectivity index (χ0v) is 13.6. The van der Waals surface area contributed by atoms with E-state index in [0.29, 0.717) is 17.2 Å². The van der Waals surface area contributed by atoms with E-state index in [1.54, 1.807) is 0 Å². The van der Waals surface area contributed by atoms with E-state index in [2.05, 4.69) is 38.2 Å². The van der Waals surface area contributed by atoms with Gasteiger partial charge in [-0.2, -0.15) is 0 Å². The van der Waals surface area contributed by atoms with Gasteiger partial charge in [-0.3, -0.25) is 0 Å². The molecule has 0 rings (SSSR count). The fourth-order valence-corrected chi connectivity index (χ4v) is 1.70. The van der Waals surface area contributed by atoms with Crippen LogP contribution in [0.4, 0.5) is 0 Å². The van der Waals surface area contributed by atoms with Crippen molar-refractivity contribution in [2.45, 2.75) is 60.8 Å². The van der Waals surface area contributed by atoms with Crippen LogP contribution in [0.3, 0.4) is 0 Å². The molecule has 114 valence electrons. The molecule has 0 aliphatic rings. The summed E-state index contributed by atoms with van der Waals surface area (Å²) >= 11 is 0. The minimum atomic E-state index is -0.216. The second-order valence-electron chi connectivity index (χ2n) is 7.15. The summed E-state index contributed by atoms with van der Waals surface area (Å²) in [5.74, 6) is 1.00.